The second-order valence-electron chi connectivity index (χ2n) is 3.63. The average molecular weight is 205 g/mol. The van der Waals surface area contributed by atoms with E-state index in [-0.39, 0.29) is 0 Å². The van der Waals surface area contributed by atoms with Crippen LogP contribution in [0.25, 0.3) is 0 Å². The maximum absolute atomic E-state index is 4.07. The fraction of sp³-hybridized carbons (Fsp3) is 0.400. The summed E-state index contributed by atoms with van der Waals surface area (Å²) in [6.45, 7) is 2.92. The Morgan fingerprint density at radius 2 is 2.40 bits per heavy atom. The quantitative estimate of drug-likeness (QED) is 0.782. The molecule has 2 rings (SSSR count). The molecule has 0 spiro atoms. The lowest BCUT2D eigenvalue weighted by Gasteiger charge is -2.11. The summed E-state index contributed by atoms with van der Waals surface area (Å²) in [5.41, 5.74) is 2.34. The van der Waals surface area contributed by atoms with Gasteiger partial charge in [0.05, 0.1) is 18.2 Å². The zero-order valence-corrected chi connectivity index (χ0v) is 8.94. The first-order valence-electron chi connectivity index (χ1n) is 4.94. The van der Waals surface area contributed by atoms with Gasteiger partial charge in [-0.25, -0.2) is 4.98 Å². The van der Waals surface area contributed by atoms with Crippen molar-refractivity contribution in [1.29, 1.82) is 0 Å². The fourth-order valence-corrected chi connectivity index (χ4v) is 1.43. The smallest absolute Gasteiger partial charge is 0.0945 e. The first kappa shape index (κ1) is 9.92. The highest BCUT2D eigenvalue weighted by Gasteiger charge is 2.06. The van der Waals surface area contributed by atoms with Gasteiger partial charge in [-0.05, 0) is 6.92 Å². The van der Waals surface area contributed by atoms with Gasteiger partial charge in [0.1, 0.15) is 0 Å². The van der Waals surface area contributed by atoms with Gasteiger partial charge < -0.3 is 9.88 Å². The predicted octanol–water partition coefficient (Wildman–Crippen LogP) is 0.994. The fourth-order valence-electron chi connectivity index (χ4n) is 1.43. The minimum atomic E-state index is 0.290. The topological polar surface area (TPSA) is 58.5 Å². The third-order valence-corrected chi connectivity index (χ3v) is 2.53. The molecule has 0 aromatic carbocycles. The highest BCUT2D eigenvalue weighted by Crippen LogP contribution is 2.09. The molecule has 0 radical (unpaired) electrons. The number of aromatic amines is 1. The van der Waals surface area contributed by atoms with Gasteiger partial charge in [0.15, 0.2) is 0 Å². The standard InChI is InChI=1S/C10H15N5/c1-8(9-3-13-14-4-9)12-6-10-5-11-7-15(10)2/h3-5,7-8,12H,6H2,1-2H3,(H,13,14). The van der Waals surface area contributed by atoms with Gasteiger partial charge in [-0.2, -0.15) is 5.10 Å². The zero-order chi connectivity index (χ0) is 10.7. The van der Waals surface area contributed by atoms with E-state index in [9.17, 15) is 0 Å². The van der Waals surface area contributed by atoms with E-state index in [1.54, 1.807) is 6.33 Å². The Bertz CT molecular complexity index is 403. The Morgan fingerprint density at radius 1 is 1.53 bits per heavy atom. The van der Waals surface area contributed by atoms with Crippen molar-refractivity contribution >= 4 is 0 Å². The summed E-state index contributed by atoms with van der Waals surface area (Å²) in [5, 5.41) is 10.1. The van der Waals surface area contributed by atoms with Crippen LogP contribution >= 0.6 is 0 Å². The molecular formula is C10H15N5. The van der Waals surface area contributed by atoms with Gasteiger partial charge in [0, 0.05) is 37.6 Å². The van der Waals surface area contributed by atoms with Crippen molar-refractivity contribution in [2.75, 3.05) is 0 Å². The summed E-state index contributed by atoms with van der Waals surface area (Å²) in [6.07, 6.45) is 7.41. The molecule has 0 aliphatic carbocycles. The Labute approximate surface area is 88.5 Å². The molecule has 0 fully saturated rings. The molecule has 80 valence electrons. The van der Waals surface area contributed by atoms with E-state index in [0.29, 0.717) is 6.04 Å². The molecule has 0 aliphatic heterocycles. The average Bonchev–Trinajstić information content (AvgIpc) is 2.85. The molecule has 2 heterocycles. The minimum Gasteiger partial charge on any atom is -0.337 e. The first-order chi connectivity index (χ1) is 7.27. The molecule has 2 N–H and O–H groups in total. The number of nitrogens with one attached hydrogen (secondary N) is 2. The Morgan fingerprint density at radius 3 is 3.00 bits per heavy atom. The maximum Gasteiger partial charge on any atom is 0.0945 e. The second kappa shape index (κ2) is 4.27. The second-order valence-corrected chi connectivity index (χ2v) is 3.63. The zero-order valence-electron chi connectivity index (χ0n) is 8.94. The van der Waals surface area contributed by atoms with E-state index < -0.39 is 0 Å². The maximum atomic E-state index is 4.07. The van der Waals surface area contributed by atoms with E-state index in [4.69, 9.17) is 0 Å². The van der Waals surface area contributed by atoms with Gasteiger partial charge in [0.25, 0.3) is 0 Å². The molecule has 5 heteroatoms. The lowest BCUT2D eigenvalue weighted by atomic mass is 10.2. The SMILES string of the molecule is CC(NCc1cncn1C)c1cn[nH]c1. The molecule has 0 saturated carbocycles. The monoisotopic (exact) mass is 205 g/mol. The highest BCUT2D eigenvalue weighted by molar-refractivity contribution is 5.08. The van der Waals surface area contributed by atoms with Gasteiger partial charge in [-0.1, -0.05) is 0 Å². The molecule has 2 aromatic heterocycles. The van der Waals surface area contributed by atoms with E-state index >= 15 is 0 Å². The highest BCUT2D eigenvalue weighted by atomic mass is 15.1. The summed E-state index contributed by atoms with van der Waals surface area (Å²) in [6, 6.07) is 0.290. The van der Waals surface area contributed by atoms with Gasteiger partial charge in [-0.3, -0.25) is 5.10 Å². The van der Waals surface area contributed by atoms with Crippen molar-refractivity contribution in [3.05, 3.63) is 36.2 Å². The Balaban J connectivity index is 1.91. The summed E-state index contributed by atoms with van der Waals surface area (Å²) >= 11 is 0. The van der Waals surface area contributed by atoms with Gasteiger partial charge in [-0.15, -0.1) is 0 Å². The number of imidazole rings is 1. The summed E-state index contributed by atoms with van der Waals surface area (Å²) in [4.78, 5) is 4.07. The van der Waals surface area contributed by atoms with Crippen LogP contribution in [-0.4, -0.2) is 19.7 Å². The van der Waals surface area contributed by atoms with E-state index in [1.165, 1.54) is 5.69 Å². The summed E-state index contributed by atoms with van der Waals surface area (Å²) in [7, 11) is 1.99. The van der Waals surface area contributed by atoms with Crippen LogP contribution in [0.5, 0.6) is 0 Å². The van der Waals surface area contributed by atoms with Crippen LogP contribution in [0.3, 0.4) is 0 Å². The first-order valence-corrected chi connectivity index (χ1v) is 4.94. The van der Waals surface area contributed by atoms with Gasteiger partial charge in [0.2, 0.25) is 0 Å². The summed E-state index contributed by atoms with van der Waals surface area (Å²) in [5.74, 6) is 0. The lowest BCUT2D eigenvalue weighted by Crippen LogP contribution is -2.19. The van der Waals surface area contributed by atoms with Crippen LogP contribution in [0, 0.1) is 0 Å². The van der Waals surface area contributed by atoms with Crippen molar-refractivity contribution in [3.63, 3.8) is 0 Å². The van der Waals surface area contributed by atoms with Crippen LogP contribution in [0.2, 0.25) is 0 Å². The van der Waals surface area contributed by atoms with Crippen molar-refractivity contribution in [3.8, 4) is 0 Å². The molecule has 0 bridgehead atoms. The molecule has 1 atom stereocenters. The van der Waals surface area contributed by atoms with Crippen molar-refractivity contribution in [2.45, 2.75) is 19.5 Å². The number of aromatic nitrogens is 4. The van der Waals surface area contributed by atoms with E-state index in [0.717, 1.165) is 12.1 Å². The number of H-pyrrole nitrogens is 1. The number of nitrogens with zero attached hydrogens (tertiary/aromatic N) is 3. The molecule has 0 aliphatic rings. The Kier molecular flexibility index (Phi) is 2.82. The Hall–Kier alpha value is -1.62. The number of rotatable bonds is 4. The number of hydrogen-bond donors (Lipinski definition) is 2. The minimum absolute atomic E-state index is 0.290. The molecule has 0 amide bonds. The van der Waals surface area contributed by atoms with Crippen molar-refractivity contribution < 1.29 is 0 Å². The van der Waals surface area contributed by atoms with Crippen LogP contribution in [0.1, 0.15) is 24.2 Å². The molecular weight excluding hydrogens is 190 g/mol. The third-order valence-electron chi connectivity index (χ3n) is 2.53. The van der Waals surface area contributed by atoms with Crippen molar-refractivity contribution in [1.82, 2.24) is 25.1 Å². The predicted molar refractivity (Wildman–Crippen MR) is 57.1 cm³/mol. The van der Waals surface area contributed by atoms with Crippen LogP contribution in [0.4, 0.5) is 0 Å². The molecule has 2 aromatic rings. The summed E-state index contributed by atoms with van der Waals surface area (Å²) < 4.78 is 2.01. The normalized spacial score (nSPS) is 12.9. The molecule has 0 saturated heterocycles. The van der Waals surface area contributed by atoms with Crippen LogP contribution in [0.15, 0.2) is 24.9 Å². The van der Waals surface area contributed by atoms with E-state index in [1.807, 2.05) is 30.2 Å². The molecule has 15 heavy (non-hydrogen) atoms. The van der Waals surface area contributed by atoms with Crippen LogP contribution in [-0.2, 0) is 13.6 Å². The number of aryl methyl sites for hydroxylation is 1. The van der Waals surface area contributed by atoms with E-state index in [2.05, 4.69) is 27.4 Å². The molecule has 1 unspecified atom stereocenters. The van der Waals surface area contributed by atoms with Crippen LogP contribution < -0.4 is 5.32 Å². The third kappa shape index (κ3) is 2.24. The lowest BCUT2D eigenvalue weighted by molar-refractivity contribution is 0.558. The van der Waals surface area contributed by atoms with Gasteiger partial charge >= 0.3 is 0 Å². The van der Waals surface area contributed by atoms with Crippen molar-refractivity contribution in [2.24, 2.45) is 7.05 Å². The largest absolute Gasteiger partial charge is 0.337 e. The molecule has 5 nitrogen and oxygen atoms in total. The number of hydrogen-bond acceptors (Lipinski definition) is 3.